The number of esters is 1. The molecule has 0 N–H and O–H groups in total. The third kappa shape index (κ3) is 4.20. The average molecular weight is 328 g/mol. The van der Waals surface area contributed by atoms with E-state index < -0.39 is 10.8 Å². The van der Waals surface area contributed by atoms with Gasteiger partial charge in [0.05, 0.1) is 7.11 Å². The molecule has 3 nitrogen and oxygen atoms in total. The summed E-state index contributed by atoms with van der Waals surface area (Å²) in [5.41, 5.74) is 0. The lowest BCUT2D eigenvalue weighted by Gasteiger charge is -2.10. The zero-order valence-electron chi connectivity index (χ0n) is 8.38. The second kappa shape index (κ2) is 6.33. The smallest absolute Gasteiger partial charge is 0.322 e. The average Bonchev–Trinajstić information content (AvgIpc) is 2.23. The second-order valence-corrected chi connectivity index (χ2v) is 4.89. The number of benzene rings is 1. The maximum absolute atomic E-state index is 11.1. The summed E-state index contributed by atoms with van der Waals surface area (Å²) >= 11 is 14.7. The second-order valence-electron chi connectivity index (χ2n) is 2.91. The first-order valence-corrected chi connectivity index (χ1v) is 6.01. The Hall–Kier alpha value is -0.450. The van der Waals surface area contributed by atoms with Crippen molar-refractivity contribution in [1.82, 2.24) is 0 Å². The van der Waals surface area contributed by atoms with E-state index in [-0.39, 0.29) is 6.61 Å². The molecule has 0 aliphatic rings. The van der Waals surface area contributed by atoms with Crippen LogP contribution in [0, 0.1) is 0 Å². The number of hydrogen-bond acceptors (Lipinski definition) is 3. The van der Waals surface area contributed by atoms with Gasteiger partial charge >= 0.3 is 5.97 Å². The molecule has 1 rings (SSSR count). The minimum Gasteiger partial charge on any atom is -0.492 e. The molecule has 0 saturated carbocycles. The number of carbonyl (C=O) groups is 1. The van der Waals surface area contributed by atoms with Gasteiger partial charge in [-0.1, -0.05) is 39.1 Å². The van der Waals surface area contributed by atoms with Crippen LogP contribution in [0.1, 0.15) is 0 Å². The van der Waals surface area contributed by atoms with Crippen molar-refractivity contribution in [2.75, 3.05) is 13.7 Å². The van der Waals surface area contributed by atoms with Gasteiger partial charge in [0.1, 0.15) is 17.2 Å². The third-order valence-electron chi connectivity index (χ3n) is 1.69. The van der Waals surface area contributed by atoms with E-state index in [1.807, 2.05) is 0 Å². The predicted molar refractivity (Wildman–Crippen MR) is 66.7 cm³/mol. The molecule has 0 aromatic heterocycles. The van der Waals surface area contributed by atoms with Gasteiger partial charge in [0, 0.05) is 10.0 Å². The van der Waals surface area contributed by atoms with Crippen LogP contribution in [0.3, 0.4) is 0 Å². The maximum Gasteiger partial charge on any atom is 0.322 e. The van der Waals surface area contributed by atoms with Crippen LogP contribution in [0.4, 0.5) is 0 Å². The molecule has 0 aliphatic carbocycles. The minimum absolute atomic E-state index is 0.142. The van der Waals surface area contributed by atoms with Crippen molar-refractivity contribution >= 4 is 45.1 Å². The fraction of sp³-hybridized carbons (Fsp3) is 0.300. The molecule has 0 heterocycles. The fourth-order valence-electron chi connectivity index (χ4n) is 0.977. The first kappa shape index (κ1) is 13.6. The van der Waals surface area contributed by atoms with Crippen LogP contribution >= 0.6 is 39.1 Å². The molecule has 1 aromatic carbocycles. The van der Waals surface area contributed by atoms with Gasteiger partial charge in [-0.05, 0) is 18.2 Å². The van der Waals surface area contributed by atoms with E-state index in [9.17, 15) is 4.79 Å². The van der Waals surface area contributed by atoms with Crippen LogP contribution in [0.25, 0.3) is 0 Å². The Morgan fingerprint density at radius 3 is 2.44 bits per heavy atom. The Balaban J connectivity index is 2.57. The van der Waals surface area contributed by atoms with Crippen molar-refractivity contribution in [1.29, 1.82) is 0 Å². The van der Waals surface area contributed by atoms with Crippen molar-refractivity contribution in [3.8, 4) is 5.75 Å². The van der Waals surface area contributed by atoms with Gasteiger partial charge in [-0.25, -0.2) is 0 Å². The van der Waals surface area contributed by atoms with E-state index in [0.717, 1.165) is 0 Å². The summed E-state index contributed by atoms with van der Waals surface area (Å²) in [5, 5.41) is 0.957. The van der Waals surface area contributed by atoms with E-state index in [2.05, 4.69) is 20.7 Å². The Labute approximate surface area is 112 Å². The van der Waals surface area contributed by atoms with Crippen LogP contribution < -0.4 is 4.74 Å². The minimum atomic E-state index is -0.518. The summed E-state index contributed by atoms with van der Waals surface area (Å²) in [4.78, 5) is 10.5. The standard InChI is InChI=1S/C10H9BrCl2O3/c1-15-10(14)9(11)5-16-8-3-6(12)2-7(13)4-8/h2-4,9H,5H2,1H3. The molecule has 0 aliphatic heterocycles. The zero-order chi connectivity index (χ0) is 12.1. The number of ether oxygens (including phenoxy) is 2. The summed E-state index contributed by atoms with van der Waals surface area (Å²) in [6.45, 7) is 0.142. The number of hydrogen-bond donors (Lipinski definition) is 0. The molecule has 0 fully saturated rings. The molecule has 1 aromatic rings. The Kier molecular flexibility index (Phi) is 5.38. The molecule has 0 spiro atoms. The van der Waals surface area contributed by atoms with E-state index in [4.69, 9.17) is 27.9 Å². The highest BCUT2D eigenvalue weighted by atomic mass is 79.9. The SMILES string of the molecule is COC(=O)C(Br)COc1cc(Cl)cc(Cl)c1. The number of rotatable bonds is 4. The number of halogens is 3. The zero-order valence-corrected chi connectivity index (χ0v) is 11.5. The molecule has 6 heteroatoms. The summed E-state index contributed by atoms with van der Waals surface area (Å²) in [7, 11) is 1.31. The van der Waals surface area contributed by atoms with Crippen molar-refractivity contribution in [2.24, 2.45) is 0 Å². The summed E-state index contributed by atoms with van der Waals surface area (Å²) < 4.78 is 9.87. The molecule has 88 valence electrons. The van der Waals surface area contributed by atoms with E-state index in [1.165, 1.54) is 7.11 Å². The van der Waals surface area contributed by atoms with Gasteiger partial charge in [-0.3, -0.25) is 4.79 Å². The number of carbonyl (C=O) groups excluding carboxylic acids is 1. The molecule has 0 radical (unpaired) electrons. The lowest BCUT2D eigenvalue weighted by atomic mass is 10.3. The summed E-state index contributed by atoms with van der Waals surface area (Å²) in [5.74, 6) is 0.110. The number of methoxy groups -OCH3 is 1. The van der Waals surface area contributed by atoms with Gasteiger partial charge in [0.15, 0.2) is 0 Å². The van der Waals surface area contributed by atoms with Gasteiger partial charge in [0.25, 0.3) is 0 Å². The van der Waals surface area contributed by atoms with E-state index in [1.54, 1.807) is 18.2 Å². The first-order chi connectivity index (χ1) is 7.52. The topological polar surface area (TPSA) is 35.5 Å². The Bertz CT molecular complexity index is 364. The van der Waals surface area contributed by atoms with Gasteiger partial charge in [0.2, 0.25) is 0 Å². The van der Waals surface area contributed by atoms with Gasteiger partial charge in [-0.15, -0.1) is 0 Å². The number of alkyl halides is 1. The molecule has 0 bridgehead atoms. The van der Waals surface area contributed by atoms with Crippen LogP contribution in [0.15, 0.2) is 18.2 Å². The lowest BCUT2D eigenvalue weighted by molar-refractivity contribution is -0.140. The normalized spacial score (nSPS) is 12.0. The highest BCUT2D eigenvalue weighted by Crippen LogP contribution is 2.24. The molecule has 16 heavy (non-hydrogen) atoms. The molecule has 1 unspecified atom stereocenters. The van der Waals surface area contributed by atoms with Crippen molar-refractivity contribution < 1.29 is 14.3 Å². The van der Waals surface area contributed by atoms with Crippen molar-refractivity contribution in [2.45, 2.75) is 4.83 Å². The van der Waals surface area contributed by atoms with Crippen molar-refractivity contribution in [3.63, 3.8) is 0 Å². The fourth-order valence-corrected chi connectivity index (χ4v) is 1.80. The summed E-state index contributed by atoms with van der Waals surface area (Å²) in [6.07, 6.45) is 0. The molecular formula is C10H9BrCl2O3. The lowest BCUT2D eigenvalue weighted by Crippen LogP contribution is -2.22. The largest absolute Gasteiger partial charge is 0.492 e. The molecule has 0 saturated heterocycles. The van der Waals surface area contributed by atoms with Crippen LogP contribution in [0.5, 0.6) is 5.75 Å². The maximum atomic E-state index is 11.1. The quantitative estimate of drug-likeness (QED) is 0.628. The van der Waals surface area contributed by atoms with Gasteiger partial charge in [-0.2, -0.15) is 0 Å². The summed E-state index contributed by atoms with van der Waals surface area (Å²) in [6, 6.07) is 4.83. The Morgan fingerprint density at radius 2 is 1.94 bits per heavy atom. The highest BCUT2D eigenvalue weighted by molar-refractivity contribution is 9.10. The molecular weight excluding hydrogens is 319 g/mol. The van der Waals surface area contributed by atoms with Crippen molar-refractivity contribution in [3.05, 3.63) is 28.2 Å². The van der Waals surface area contributed by atoms with Crippen LogP contribution in [-0.4, -0.2) is 24.5 Å². The Morgan fingerprint density at radius 1 is 1.38 bits per heavy atom. The predicted octanol–water partition coefficient (Wildman–Crippen LogP) is 3.31. The molecule has 0 amide bonds. The first-order valence-electron chi connectivity index (χ1n) is 4.33. The highest BCUT2D eigenvalue weighted by Gasteiger charge is 2.15. The monoisotopic (exact) mass is 326 g/mol. The molecule has 1 atom stereocenters. The third-order valence-corrected chi connectivity index (χ3v) is 2.76. The van der Waals surface area contributed by atoms with Crippen LogP contribution in [0.2, 0.25) is 10.0 Å². The van der Waals surface area contributed by atoms with E-state index in [0.29, 0.717) is 15.8 Å². The van der Waals surface area contributed by atoms with E-state index >= 15 is 0 Å². The van der Waals surface area contributed by atoms with Gasteiger partial charge < -0.3 is 9.47 Å². The van der Waals surface area contributed by atoms with Crippen LogP contribution in [-0.2, 0) is 9.53 Å².